The standard InChI is InChI=1S/C7H3BrClNS/c8-5-2-1-4-3-10-11-7(4)6(5)9/h1-3H. The van der Waals surface area contributed by atoms with Gasteiger partial charge in [-0.1, -0.05) is 17.7 Å². The molecule has 0 amide bonds. The number of hydrogen-bond acceptors (Lipinski definition) is 2. The van der Waals surface area contributed by atoms with Crippen molar-refractivity contribution in [2.24, 2.45) is 0 Å². The molecule has 0 radical (unpaired) electrons. The van der Waals surface area contributed by atoms with Crippen molar-refractivity contribution in [3.05, 3.63) is 27.8 Å². The monoisotopic (exact) mass is 247 g/mol. The Kier molecular flexibility index (Phi) is 1.87. The molecule has 1 heterocycles. The Balaban J connectivity index is 2.93. The molecular weight excluding hydrogens is 246 g/mol. The SMILES string of the molecule is Clc1c(Br)ccc2cnsc12. The highest BCUT2D eigenvalue weighted by atomic mass is 79.9. The molecular formula is C7H3BrClNS. The van der Waals surface area contributed by atoms with E-state index in [-0.39, 0.29) is 0 Å². The number of benzene rings is 1. The van der Waals surface area contributed by atoms with Gasteiger partial charge in [-0.15, -0.1) is 0 Å². The van der Waals surface area contributed by atoms with E-state index in [1.807, 2.05) is 18.3 Å². The van der Waals surface area contributed by atoms with Crippen molar-refractivity contribution in [3.8, 4) is 0 Å². The largest absolute Gasteiger partial charge is 0.200 e. The molecule has 0 fully saturated rings. The van der Waals surface area contributed by atoms with Crippen LogP contribution >= 0.6 is 39.1 Å². The summed E-state index contributed by atoms with van der Waals surface area (Å²) in [6, 6.07) is 3.92. The van der Waals surface area contributed by atoms with Gasteiger partial charge in [0.2, 0.25) is 0 Å². The van der Waals surface area contributed by atoms with Gasteiger partial charge in [-0.2, -0.15) is 4.37 Å². The van der Waals surface area contributed by atoms with Crippen molar-refractivity contribution in [1.82, 2.24) is 4.37 Å². The zero-order chi connectivity index (χ0) is 7.84. The summed E-state index contributed by atoms with van der Waals surface area (Å²) in [5.41, 5.74) is 0. The zero-order valence-electron chi connectivity index (χ0n) is 5.34. The lowest BCUT2D eigenvalue weighted by Gasteiger charge is -1.94. The Hall–Kier alpha value is -0.120. The molecule has 4 heteroatoms. The molecule has 11 heavy (non-hydrogen) atoms. The van der Waals surface area contributed by atoms with Crippen molar-refractivity contribution >= 4 is 49.1 Å². The van der Waals surface area contributed by atoms with E-state index in [9.17, 15) is 0 Å². The summed E-state index contributed by atoms with van der Waals surface area (Å²) in [4.78, 5) is 0. The van der Waals surface area contributed by atoms with Gasteiger partial charge in [-0.05, 0) is 33.5 Å². The smallest absolute Gasteiger partial charge is 0.0747 e. The van der Waals surface area contributed by atoms with Gasteiger partial charge < -0.3 is 0 Å². The highest BCUT2D eigenvalue weighted by Gasteiger charge is 2.03. The fourth-order valence-corrected chi connectivity index (χ4v) is 2.30. The van der Waals surface area contributed by atoms with Gasteiger partial charge in [0.1, 0.15) is 0 Å². The maximum absolute atomic E-state index is 5.99. The molecule has 1 aromatic heterocycles. The number of halogens is 2. The molecule has 2 rings (SSSR count). The van der Waals surface area contributed by atoms with E-state index in [4.69, 9.17) is 11.6 Å². The average molecular weight is 249 g/mol. The van der Waals surface area contributed by atoms with Gasteiger partial charge in [0.25, 0.3) is 0 Å². The van der Waals surface area contributed by atoms with Crippen LogP contribution in [0.15, 0.2) is 22.8 Å². The average Bonchev–Trinajstić information content (AvgIpc) is 2.45. The van der Waals surface area contributed by atoms with Crippen LogP contribution in [-0.2, 0) is 0 Å². The maximum Gasteiger partial charge on any atom is 0.0747 e. The summed E-state index contributed by atoms with van der Waals surface area (Å²) in [7, 11) is 0. The fraction of sp³-hybridized carbons (Fsp3) is 0. The summed E-state index contributed by atoms with van der Waals surface area (Å²) < 4.78 is 6.01. The lowest BCUT2D eigenvalue weighted by Crippen LogP contribution is -1.67. The van der Waals surface area contributed by atoms with Crippen LogP contribution in [0.2, 0.25) is 5.02 Å². The third-order valence-electron chi connectivity index (χ3n) is 1.42. The van der Waals surface area contributed by atoms with Crippen molar-refractivity contribution < 1.29 is 0 Å². The summed E-state index contributed by atoms with van der Waals surface area (Å²) in [5.74, 6) is 0. The van der Waals surface area contributed by atoms with Crippen molar-refractivity contribution in [1.29, 1.82) is 0 Å². The van der Waals surface area contributed by atoms with Crippen LogP contribution in [-0.4, -0.2) is 4.37 Å². The first-order chi connectivity index (χ1) is 5.29. The number of hydrogen-bond donors (Lipinski definition) is 0. The number of aromatic nitrogens is 1. The molecule has 0 aliphatic rings. The quantitative estimate of drug-likeness (QED) is 0.692. The molecule has 2 aromatic rings. The first-order valence-corrected chi connectivity index (χ1v) is 4.92. The molecule has 0 saturated heterocycles. The first-order valence-electron chi connectivity index (χ1n) is 2.97. The van der Waals surface area contributed by atoms with E-state index in [0.717, 1.165) is 19.6 Å². The molecule has 0 aliphatic carbocycles. The lowest BCUT2D eigenvalue weighted by molar-refractivity contribution is 1.60. The summed E-state index contributed by atoms with van der Waals surface area (Å²) in [5, 5.41) is 1.85. The van der Waals surface area contributed by atoms with Gasteiger partial charge in [0.05, 0.1) is 9.72 Å². The van der Waals surface area contributed by atoms with Gasteiger partial charge in [-0.3, -0.25) is 0 Å². The highest BCUT2D eigenvalue weighted by Crippen LogP contribution is 2.32. The highest BCUT2D eigenvalue weighted by molar-refractivity contribution is 9.10. The molecule has 0 saturated carbocycles. The Morgan fingerprint density at radius 3 is 3.09 bits per heavy atom. The summed E-state index contributed by atoms with van der Waals surface area (Å²) >= 11 is 10.8. The minimum absolute atomic E-state index is 0.755. The Labute approximate surface area is 81.3 Å². The van der Waals surface area contributed by atoms with Crippen molar-refractivity contribution in [2.45, 2.75) is 0 Å². The summed E-state index contributed by atoms with van der Waals surface area (Å²) in [6.07, 6.45) is 1.82. The number of nitrogens with zero attached hydrogens (tertiary/aromatic N) is 1. The Bertz CT molecular complexity index is 398. The third-order valence-corrected chi connectivity index (χ3v) is 3.64. The van der Waals surface area contributed by atoms with E-state index in [1.165, 1.54) is 11.5 Å². The van der Waals surface area contributed by atoms with E-state index in [1.54, 1.807) is 0 Å². The molecule has 0 aliphatic heterocycles. The van der Waals surface area contributed by atoms with E-state index < -0.39 is 0 Å². The second kappa shape index (κ2) is 2.73. The minimum atomic E-state index is 0.755. The van der Waals surface area contributed by atoms with E-state index >= 15 is 0 Å². The fourth-order valence-electron chi connectivity index (χ4n) is 0.877. The molecule has 1 aromatic carbocycles. The van der Waals surface area contributed by atoms with Gasteiger partial charge in [-0.25, -0.2) is 0 Å². The maximum atomic E-state index is 5.99. The predicted molar refractivity (Wildman–Crippen MR) is 52.3 cm³/mol. The van der Waals surface area contributed by atoms with Crippen LogP contribution in [0.1, 0.15) is 0 Å². The van der Waals surface area contributed by atoms with E-state index in [0.29, 0.717) is 0 Å². The molecule has 0 N–H and O–H groups in total. The van der Waals surface area contributed by atoms with Crippen LogP contribution in [0.4, 0.5) is 0 Å². The van der Waals surface area contributed by atoms with Crippen LogP contribution in [0.25, 0.3) is 10.1 Å². The first kappa shape index (κ1) is 7.53. The van der Waals surface area contributed by atoms with Crippen LogP contribution in [0, 0.1) is 0 Å². The summed E-state index contributed by atoms with van der Waals surface area (Å²) in [6.45, 7) is 0. The molecule has 0 atom stereocenters. The van der Waals surface area contributed by atoms with Crippen LogP contribution < -0.4 is 0 Å². The Morgan fingerprint density at radius 1 is 1.45 bits per heavy atom. The predicted octanol–water partition coefficient (Wildman–Crippen LogP) is 3.71. The zero-order valence-corrected chi connectivity index (χ0v) is 8.50. The third kappa shape index (κ3) is 1.17. The van der Waals surface area contributed by atoms with Crippen molar-refractivity contribution in [3.63, 3.8) is 0 Å². The van der Waals surface area contributed by atoms with Crippen LogP contribution in [0.3, 0.4) is 0 Å². The lowest BCUT2D eigenvalue weighted by atomic mass is 10.3. The second-order valence-corrected chi connectivity index (χ2v) is 4.14. The minimum Gasteiger partial charge on any atom is -0.200 e. The normalized spacial score (nSPS) is 10.7. The van der Waals surface area contributed by atoms with Gasteiger partial charge in [0.15, 0.2) is 0 Å². The molecule has 0 spiro atoms. The van der Waals surface area contributed by atoms with Crippen LogP contribution in [0.5, 0.6) is 0 Å². The number of fused-ring (bicyclic) bond motifs is 1. The molecule has 0 unspecified atom stereocenters. The molecule has 56 valence electrons. The topological polar surface area (TPSA) is 12.9 Å². The van der Waals surface area contributed by atoms with Gasteiger partial charge in [0, 0.05) is 16.1 Å². The van der Waals surface area contributed by atoms with E-state index in [2.05, 4.69) is 20.3 Å². The van der Waals surface area contributed by atoms with Crippen molar-refractivity contribution in [2.75, 3.05) is 0 Å². The molecule has 1 nitrogen and oxygen atoms in total. The Morgan fingerprint density at radius 2 is 2.27 bits per heavy atom. The van der Waals surface area contributed by atoms with Gasteiger partial charge >= 0.3 is 0 Å². The number of rotatable bonds is 0. The molecule has 0 bridgehead atoms. The second-order valence-electron chi connectivity index (χ2n) is 2.11.